The minimum absolute atomic E-state index is 0.0164. The highest BCUT2D eigenvalue weighted by atomic mass is 32.1. The maximum atomic E-state index is 12.7. The summed E-state index contributed by atoms with van der Waals surface area (Å²) < 4.78 is 7.03. The number of aromatic nitrogens is 3. The molecule has 35 heavy (non-hydrogen) atoms. The fourth-order valence-corrected chi connectivity index (χ4v) is 5.01. The third-order valence-electron chi connectivity index (χ3n) is 6.06. The van der Waals surface area contributed by atoms with Crippen LogP contribution in [0.5, 0.6) is 5.75 Å². The molecule has 1 amide bonds. The number of hydrogen-bond acceptors (Lipinski definition) is 7. The van der Waals surface area contributed by atoms with Gasteiger partial charge in [-0.1, -0.05) is 53.3 Å². The van der Waals surface area contributed by atoms with Crippen LogP contribution in [0, 0.1) is 13.8 Å². The van der Waals surface area contributed by atoms with E-state index in [1.165, 1.54) is 21.4 Å². The Morgan fingerprint density at radius 1 is 1.00 bits per heavy atom. The highest BCUT2D eigenvalue weighted by molar-refractivity contribution is 7.19. The first-order valence-corrected chi connectivity index (χ1v) is 12.4. The highest BCUT2D eigenvalue weighted by Gasteiger charge is 2.22. The predicted molar refractivity (Wildman–Crippen MR) is 136 cm³/mol. The van der Waals surface area contributed by atoms with Gasteiger partial charge >= 0.3 is 0 Å². The van der Waals surface area contributed by atoms with E-state index >= 15 is 0 Å². The van der Waals surface area contributed by atoms with Gasteiger partial charge < -0.3 is 9.64 Å². The lowest BCUT2D eigenvalue weighted by Crippen LogP contribution is -2.49. The maximum absolute atomic E-state index is 12.7. The number of amides is 1. The highest BCUT2D eigenvalue weighted by Crippen LogP contribution is 2.24. The lowest BCUT2D eigenvalue weighted by Gasteiger charge is -2.34. The first-order chi connectivity index (χ1) is 16.9. The van der Waals surface area contributed by atoms with E-state index in [1.807, 2.05) is 67.3 Å². The molecule has 2 aromatic carbocycles. The fraction of sp³-hybridized carbons (Fsp3) is 0.308. The van der Waals surface area contributed by atoms with Gasteiger partial charge in [0.15, 0.2) is 6.61 Å². The molecule has 0 atom stereocenters. The van der Waals surface area contributed by atoms with E-state index in [1.54, 1.807) is 6.07 Å². The molecule has 5 rings (SSSR count). The number of nitrogens with zero attached hydrogens (tertiary/aromatic N) is 5. The van der Waals surface area contributed by atoms with Crippen molar-refractivity contribution in [3.05, 3.63) is 81.8 Å². The molecule has 0 radical (unpaired) electrons. The molecule has 1 aliphatic rings. The van der Waals surface area contributed by atoms with E-state index in [4.69, 9.17) is 9.72 Å². The number of carbonyl (C=O) groups excluding carboxylic acids is 1. The fourth-order valence-electron chi connectivity index (χ4n) is 4.08. The Balaban J connectivity index is 1.19. The SMILES string of the molecule is Cc1ccc(-c2nn3c(=O)cc(CN4CCN(C(=O)COc5cccc(C)c5)CC4)nc3s2)cc1. The van der Waals surface area contributed by atoms with Crippen molar-refractivity contribution in [2.75, 3.05) is 32.8 Å². The Morgan fingerprint density at radius 3 is 2.51 bits per heavy atom. The van der Waals surface area contributed by atoms with Gasteiger partial charge in [-0.25, -0.2) is 4.98 Å². The van der Waals surface area contributed by atoms with Gasteiger partial charge in [0.2, 0.25) is 4.96 Å². The summed E-state index contributed by atoms with van der Waals surface area (Å²) in [4.78, 5) is 34.6. The van der Waals surface area contributed by atoms with Crippen molar-refractivity contribution in [3.8, 4) is 16.3 Å². The summed E-state index contributed by atoms with van der Waals surface area (Å²) in [7, 11) is 0. The molecule has 1 aliphatic heterocycles. The average Bonchev–Trinajstić information content (AvgIpc) is 3.28. The lowest BCUT2D eigenvalue weighted by atomic mass is 10.2. The minimum Gasteiger partial charge on any atom is -0.484 e. The van der Waals surface area contributed by atoms with Gasteiger partial charge in [0.05, 0.1) is 5.69 Å². The molecule has 0 aliphatic carbocycles. The largest absolute Gasteiger partial charge is 0.484 e. The topological polar surface area (TPSA) is 80.0 Å². The van der Waals surface area contributed by atoms with Crippen molar-refractivity contribution >= 4 is 22.2 Å². The summed E-state index contributed by atoms with van der Waals surface area (Å²) in [5, 5.41) is 5.23. The molecule has 3 heterocycles. The number of benzene rings is 2. The predicted octanol–water partition coefficient (Wildman–Crippen LogP) is 3.16. The third kappa shape index (κ3) is 5.41. The maximum Gasteiger partial charge on any atom is 0.275 e. The quantitative estimate of drug-likeness (QED) is 0.414. The summed E-state index contributed by atoms with van der Waals surface area (Å²) >= 11 is 1.41. The van der Waals surface area contributed by atoms with Crippen molar-refractivity contribution in [2.45, 2.75) is 20.4 Å². The van der Waals surface area contributed by atoms with Crippen LogP contribution in [-0.2, 0) is 11.3 Å². The number of piperazine rings is 1. The first-order valence-electron chi connectivity index (χ1n) is 11.6. The molecule has 0 saturated carbocycles. The van der Waals surface area contributed by atoms with Crippen molar-refractivity contribution < 1.29 is 9.53 Å². The van der Waals surface area contributed by atoms with E-state index < -0.39 is 0 Å². The molecule has 9 heteroatoms. The van der Waals surface area contributed by atoms with Crippen LogP contribution in [-0.4, -0.2) is 63.1 Å². The number of hydrogen-bond donors (Lipinski definition) is 0. The molecule has 0 bridgehead atoms. The van der Waals surface area contributed by atoms with Crippen LogP contribution < -0.4 is 10.3 Å². The van der Waals surface area contributed by atoms with Gasteiger partial charge in [-0.05, 0) is 31.5 Å². The second-order valence-corrected chi connectivity index (χ2v) is 9.77. The number of carbonyl (C=O) groups is 1. The Kier molecular flexibility index (Phi) is 6.61. The Morgan fingerprint density at radius 2 is 1.77 bits per heavy atom. The summed E-state index contributed by atoms with van der Waals surface area (Å²) in [5.41, 5.74) is 3.78. The van der Waals surface area contributed by atoms with Crippen LogP contribution in [0.25, 0.3) is 15.5 Å². The molecule has 1 saturated heterocycles. The first kappa shape index (κ1) is 23.2. The molecule has 2 aromatic heterocycles. The smallest absolute Gasteiger partial charge is 0.275 e. The zero-order valence-electron chi connectivity index (χ0n) is 19.8. The summed E-state index contributed by atoms with van der Waals surface area (Å²) in [6, 6.07) is 17.3. The minimum atomic E-state index is -0.179. The number of ether oxygens (including phenoxy) is 1. The number of aryl methyl sites for hydroxylation is 2. The third-order valence-corrected chi connectivity index (χ3v) is 7.02. The van der Waals surface area contributed by atoms with E-state index in [9.17, 15) is 9.59 Å². The van der Waals surface area contributed by atoms with Crippen molar-refractivity contribution in [2.24, 2.45) is 0 Å². The Labute approximate surface area is 207 Å². The van der Waals surface area contributed by atoms with Crippen LogP contribution in [0.4, 0.5) is 0 Å². The summed E-state index contributed by atoms with van der Waals surface area (Å²) in [6.45, 7) is 7.30. The zero-order chi connectivity index (χ0) is 24.4. The van der Waals surface area contributed by atoms with Gasteiger partial charge in [-0.2, -0.15) is 9.61 Å². The van der Waals surface area contributed by atoms with E-state index in [-0.39, 0.29) is 18.1 Å². The molecule has 8 nitrogen and oxygen atoms in total. The molecule has 0 spiro atoms. The second kappa shape index (κ2) is 9.97. The molecule has 1 fully saturated rings. The molecule has 4 aromatic rings. The van der Waals surface area contributed by atoms with Crippen LogP contribution >= 0.6 is 11.3 Å². The summed E-state index contributed by atoms with van der Waals surface area (Å²) in [6.07, 6.45) is 0. The van der Waals surface area contributed by atoms with Crippen LogP contribution in [0.3, 0.4) is 0 Å². The van der Waals surface area contributed by atoms with E-state index in [2.05, 4.69) is 10.00 Å². The van der Waals surface area contributed by atoms with E-state index in [0.717, 1.165) is 21.8 Å². The Bertz CT molecular complexity index is 1400. The standard InChI is InChI=1S/C26H27N5O3S/c1-18-6-8-20(9-7-18)25-28-31-23(32)15-21(27-26(31)35-25)16-29-10-12-30(13-11-29)24(33)17-34-22-5-3-4-19(2)14-22/h3-9,14-15H,10-13,16-17H2,1-2H3. The van der Waals surface area contributed by atoms with Crippen molar-refractivity contribution in [3.63, 3.8) is 0 Å². The lowest BCUT2D eigenvalue weighted by molar-refractivity contribution is -0.135. The van der Waals surface area contributed by atoms with Crippen molar-refractivity contribution in [1.82, 2.24) is 24.4 Å². The second-order valence-electron chi connectivity index (χ2n) is 8.82. The van der Waals surface area contributed by atoms with Gasteiger partial charge in [-0.15, -0.1) is 0 Å². The average molecular weight is 490 g/mol. The Hall–Kier alpha value is -3.56. The van der Waals surface area contributed by atoms with Gasteiger partial charge in [0.25, 0.3) is 11.5 Å². The van der Waals surface area contributed by atoms with Crippen LogP contribution in [0.1, 0.15) is 16.8 Å². The van der Waals surface area contributed by atoms with Crippen LogP contribution in [0.2, 0.25) is 0 Å². The summed E-state index contributed by atoms with van der Waals surface area (Å²) in [5.74, 6) is 0.690. The molecule has 0 unspecified atom stereocenters. The normalized spacial score (nSPS) is 14.4. The zero-order valence-corrected chi connectivity index (χ0v) is 20.6. The van der Waals surface area contributed by atoms with Crippen LogP contribution in [0.15, 0.2) is 59.4 Å². The number of fused-ring (bicyclic) bond motifs is 1. The van der Waals surface area contributed by atoms with Gasteiger partial charge in [0, 0.05) is 44.4 Å². The van der Waals surface area contributed by atoms with Gasteiger partial charge in [-0.3, -0.25) is 14.5 Å². The molecule has 0 N–H and O–H groups in total. The number of rotatable bonds is 6. The molecular formula is C26H27N5O3S. The monoisotopic (exact) mass is 489 g/mol. The molecular weight excluding hydrogens is 462 g/mol. The van der Waals surface area contributed by atoms with Gasteiger partial charge in [0.1, 0.15) is 10.8 Å². The van der Waals surface area contributed by atoms with E-state index in [0.29, 0.717) is 43.4 Å². The van der Waals surface area contributed by atoms with Crippen molar-refractivity contribution in [1.29, 1.82) is 0 Å². The molecule has 180 valence electrons.